The molecule has 4 atom stereocenters. The second kappa shape index (κ2) is 16.2. The number of rotatable bonds is 17. The van der Waals surface area contributed by atoms with Crippen molar-refractivity contribution in [1.29, 1.82) is 0 Å². The summed E-state index contributed by atoms with van der Waals surface area (Å²) in [6.45, 7) is 0.146. The summed E-state index contributed by atoms with van der Waals surface area (Å²) < 4.78 is 0. The third-order valence-electron chi connectivity index (χ3n) is 5.85. The summed E-state index contributed by atoms with van der Waals surface area (Å²) in [4.78, 5) is 73.1. The molecule has 0 radical (unpaired) electrons. The fourth-order valence-electron chi connectivity index (χ4n) is 3.78. The Labute approximate surface area is 235 Å². The average molecular weight is 573 g/mol. The van der Waals surface area contributed by atoms with Gasteiger partial charge in [-0.1, -0.05) is 30.3 Å². The number of nitrogens with two attached hydrogens (primary N) is 4. The largest absolute Gasteiger partial charge is 0.480 e. The van der Waals surface area contributed by atoms with E-state index < -0.39 is 60.2 Å². The van der Waals surface area contributed by atoms with Gasteiger partial charge in [0.1, 0.15) is 18.1 Å². The van der Waals surface area contributed by atoms with Crippen LogP contribution in [0, 0.1) is 0 Å². The van der Waals surface area contributed by atoms with Crippen LogP contribution in [0.25, 0.3) is 0 Å². The Kier molecular flexibility index (Phi) is 12.7. The number of carboxylic acids is 1. The summed E-state index contributed by atoms with van der Waals surface area (Å²) in [5, 5.41) is 16.9. The first-order valence-electron chi connectivity index (χ1n) is 12.7. The van der Waals surface area contributed by atoms with Gasteiger partial charge in [-0.2, -0.15) is 0 Å². The number of hydrogen-bond acceptors (Lipinski definition) is 8. The van der Waals surface area contributed by atoms with Crippen LogP contribution in [-0.4, -0.2) is 81.3 Å². The van der Waals surface area contributed by atoms with Crippen molar-refractivity contribution in [1.82, 2.24) is 25.9 Å². The number of carbonyl (C=O) groups is 5. The van der Waals surface area contributed by atoms with E-state index in [2.05, 4.69) is 30.9 Å². The summed E-state index contributed by atoms with van der Waals surface area (Å²) >= 11 is 0. The molecule has 1 heterocycles. The highest BCUT2D eigenvalue weighted by Gasteiger charge is 2.31. The summed E-state index contributed by atoms with van der Waals surface area (Å²) in [6, 6.07) is 3.46. The molecule has 222 valence electrons. The Balaban J connectivity index is 2.15. The Bertz CT molecular complexity index is 1200. The summed E-state index contributed by atoms with van der Waals surface area (Å²) in [5.74, 6) is -4.82. The van der Waals surface area contributed by atoms with E-state index in [0.29, 0.717) is 11.3 Å². The molecule has 0 bridgehead atoms. The Morgan fingerprint density at radius 3 is 2.12 bits per heavy atom. The topological polar surface area (TPSA) is 287 Å². The van der Waals surface area contributed by atoms with Gasteiger partial charge in [0.05, 0.1) is 18.8 Å². The van der Waals surface area contributed by atoms with Crippen LogP contribution in [0.4, 0.5) is 0 Å². The second-order valence-electron chi connectivity index (χ2n) is 9.22. The molecule has 0 fully saturated rings. The van der Waals surface area contributed by atoms with E-state index in [0.717, 1.165) is 0 Å². The third-order valence-corrected chi connectivity index (χ3v) is 5.85. The van der Waals surface area contributed by atoms with Gasteiger partial charge in [-0.3, -0.25) is 24.2 Å². The number of hydrogen-bond donors (Lipinski definition) is 9. The van der Waals surface area contributed by atoms with Crippen molar-refractivity contribution in [3.8, 4) is 0 Å². The molecule has 0 aliphatic carbocycles. The van der Waals surface area contributed by atoms with Gasteiger partial charge in [0.15, 0.2) is 5.96 Å². The van der Waals surface area contributed by atoms with Crippen LogP contribution in [0.1, 0.15) is 30.5 Å². The molecule has 4 unspecified atom stereocenters. The van der Waals surface area contributed by atoms with Crippen molar-refractivity contribution in [2.24, 2.45) is 27.9 Å². The quantitative estimate of drug-likeness (QED) is 0.0525. The molecular formula is C25H36N10O6. The van der Waals surface area contributed by atoms with Crippen LogP contribution in [0.15, 0.2) is 47.8 Å². The smallest absolute Gasteiger partial charge is 0.326 e. The van der Waals surface area contributed by atoms with Gasteiger partial charge in [-0.05, 0) is 18.4 Å². The molecule has 0 spiro atoms. The van der Waals surface area contributed by atoms with Gasteiger partial charge in [0.2, 0.25) is 23.6 Å². The fourth-order valence-corrected chi connectivity index (χ4v) is 3.78. The van der Waals surface area contributed by atoms with Crippen LogP contribution >= 0.6 is 0 Å². The number of H-pyrrole nitrogens is 1. The normalized spacial score (nSPS) is 13.6. The van der Waals surface area contributed by atoms with Crippen molar-refractivity contribution in [3.63, 3.8) is 0 Å². The number of nitrogens with one attached hydrogen (secondary N) is 4. The number of aromatic nitrogens is 2. The minimum atomic E-state index is -1.52. The zero-order valence-corrected chi connectivity index (χ0v) is 22.3. The number of nitrogens with zero attached hydrogens (tertiary/aromatic N) is 2. The first-order valence-corrected chi connectivity index (χ1v) is 12.7. The van der Waals surface area contributed by atoms with E-state index in [-0.39, 0.29) is 38.2 Å². The Morgan fingerprint density at radius 1 is 0.902 bits per heavy atom. The predicted octanol–water partition coefficient (Wildman–Crippen LogP) is -3.01. The number of benzene rings is 1. The van der Waals surface area contributed by atoms with E-state index in [1.165, 1.54) is 12.5 Å². The standard InChI is InChI=1S/C25H36N10O6/c26-16(10-15-12-30-13-32-15)21(37)33-17(7-4-8-31-25(28)29)22(38)34-18(11-20(27)36)23(39)35-19(24(40)41)9-14-5-2-1-3-6-14/h1-3,5-6,12-13,16-19H,4,7-11,26H2,(H2,27,36)(H,30,32)(H,33,37)(H,34,38)(H,35,39)(H,40,41)(H4,28,29,31). The molecule has 16 heteroatoms. The van der Waals surface area contributed by atoms with Crippen LogP contribution in [0.2, 0.25) is 0 Å². The Morgan fingerprint density at radius 2 is 1.54 bits per heavy atom. The van der Waals surface area contributed by atoms with Gasteiger partial charge >= 0.3 is 5.97 Å². The number of amides is 4. The number of carbonyl (C=O) groups excluding carboxylic acids is 4. The first kappa shape index (κ1) is 32.2. The van der Waals surface area contributed by atoms with Crippen LogP contribution < -0.4 is 38.9 Å². The van der Waals surface area contributed by atoms with Crippen molar-refractivity contribution < 1.29 is 29.1 Å². The fraction of sp³-hybridized carbons (Fsp3) is 0.400. The highest BCUT2D eigenvalue weighted by atomic mass is 16.4. The maximum Gasteiger partial charge on any atom is 0.326 e. The molecule has 41 heavy (non-hydrogen) atoms. The monoisotopic (exact) mass is 572 g/mol. The highest BCUT2D eigenvalue weighted by molar-refractivity contribution is 5.96. The van der Waals surface area contributed by atoms with Crippen molar-refractivity contribution >= 4 is 35.6 Å². The van der Waals surface area contributed by atoms with Crippen molar-refractivity contribution in [2.75, 3.05) is 6.54 Å². The lowest BCUT2D eigenvalue weighted by Gasteiger charge is -2.24. The van der Waals surface area contributed by atoms with Gasteiger partial charge in [0, 0.05) is 31.3 Å². The molecule has 0 aliphatic heterocycles. The van der Waals surface area contributed by atoms with Crippen LogP contribution in [0.3, 0.4) is 0 Å². The second-order valence-corrected chi connectivity index (χ2v) is 9.22. The molecule has 0 saturated heterocycles. The van der Waals surface area contributed by atoms with Gasteiger partial charge in [-0.15, -0.1) is 0 Å². The van der Waals surface area contributed by atoms with Crippen LogP contribution in [0.5, 0.6) is 0 Å². The molecule has 0 aliphatic rings. The molecule has 0 saturated carbocycles. The van der Waals surface area contributed by atoms with E-state index in [1.807, 2.05) is 0 Å². The molecule has 13 N–H and O–H groups in total. The summed E-state index contributed by atoms with van der Waals surface area (Å²) in [5.41, 5.74) is 23.2. The zero-order chi connectivity index (χ0) is 30.4. The van der Waals surface area contributed by atoms with Gasteiger partial charge in [-0.25, -0.2) is 9.78 Å². The minimum Gasteiger partial charge on any atom is -0.480 e. The lowest BCUT2D eigenvalue weighted by atomic mass is 10.0. The number of aromatic amines is 1. The van der Waals surface area contributed by atoms with Gasteiger partial charge in [0.25, 0.3) is 0 Å². The number of primary amides is 1. The molecule has 1 aromatic heterocycles. The van der Waals surface area contributed by atoms with E-state index in [9.17, 15) is 29.1 Å². The zero-order valence-electron chi connectivity index (χ0n) is 22.3. The number of carboxylic acid groups (broad SMARTS) is 1. The van der Waals surface area contributed by atoms with Crippen LogP contribution in [-0.2, 0) is 36.8 Å². The molecule has 2 aromatic rings. The maximum absolute atomic E-state index is 13.2. The molecule has 2 rings (SSSR count). The third kappa shape index (κ3) is 11.7. The lowest BCUT2D eigenvalue weighted by molar-refractivity contribution is -0.142. The van der Waals surface area contributed by atoms with E-state index in [4.69, 9.17) is 22.9 Å². The van der Waals surface area contributed by atoms with E-state index in [1.54, 1.807) is 30.3 Å². The summed E-state index contributed by atoms with van der Waals surface area (Å²) in [6.07, 6.45) is 2.68. The molecule has 4 amide bonds. The lowest BCUT2D eigenvalue weighted by Crippen LogP contribution is -2.58. The number of aliphatic imine (C=N–C) groups is 1. The molecule has 16 nitrogen and oxygen atoms in total. The Hall–Kier alpha value is -4.99. The SMILES string of the molecule is NC(=O)CC(NC(=O)C(CCCN=C(N)N)NC(=O)C(N)Cc1cnc[nH]1)C(=O)NC(Cc1ccccc1)C(=O)O. The first-order chi connectivity index (χ1) is 19.5. The summed E-state index contributed by atoms with van der Waals surface area (Å²) in [7, 11) is 0. The molecular weight excluding hydrogens is 536 g/mol. The van der Waals surface area contributed by atoms with E-state index >= 15 is 0 Å². The maximum atomic E-state index is 13.2. The predicted molar refractivity (Wildman–Crippen MR) is 148 cm³/mol. The number of guanidine groups is 1. The molecule has 1 aromatic carbocycles. The number of imidazole rings is 1. The van der Waals surface area contributed by atoms with Crippen molar-refractivity contribution in [3.05, 3.63) is 54.1 Å². The number of aliphatic carboxylic acids is 1. The van der Waals surface area contributed by atoms with Gasteiger partial charge < -0.3 is 49.0 Å². The highest BCUT2D eigenvalue weighted by Crippen LogP contribution is 2.06. The van der Waals surface area contributed by atoms with Crippen molar-refractivity contribution in [2.45, 2.75) is 56.3 Å². The minimum absolute atomic E-state index is 0.0435. The average Bonchev–Trinajstić information content (AvgIpc) is 3.42.